The lowest BCUT2D eigenvalue weighted by Gasteiger charge is -2.62. The van der Waals surface area contributed by atoms with Gasteiger partial charge in [-0.05, 0) is 91.3 Å². The number of carbonyl (C=O) groups excluding carboxylic acids is 2. The summed E-state index contributed by atoms with van der Waals surface area (Å²) in [7, 11) is 1.71. The molecule has 9 atom stereocenters. The molecular formula is C26H42O4. The standard InChI is InChI=1S/C26H42O4/c1-17(6-5-13-27)20-7-8-21-24-22(10-12-26(20,21)3)25(2)11-9-19(28)14-18(25)15-23(24)30-16-29-4/h13,17-18,20-24H,5-12,14-16H2,1-4H3/t17-,18-,20-,21?,22?,23?,24?,25+,26-/m1/s1. The Morgan fingerprint density at radius 2 is 1.90 bits per heavy atom. The van der Waals surface area contributed by atoms with E-state index in [9.17, 15) is 9.59 Å². The van der Waals surface area contributed by atoms with Gasteiger partial charge >= 0.3 is 0 Å². The van der Waals surface area contributed by atoms with Crippen LogP contribution in [0.25, 0.3) is 0 Å². The second-order valence-corrected chi connectivity index (χ2v) is 11.5. The lowest BCUT2D eigenvalue weighted by Crippen LogP contribution is -2.59. The van der Waals surface area contributed by atoms with E-state index in [1.165, 1.54) is 25.7 Å². The Bertz CT molecular complexity index is 647. The van der Waals surface area contributed by atoms with E-state index in [1.54, 1.807) is 7.11 Å². The highest BCUT2D eigenvalue weighted by atomic mass is 16.7. The van der Waals surface area contributed by atoms with Crippen molar-refractivity contribution in [3.8, 4) is 0 Å². The van der Waals surface area contributed by atoms with Gasteiger partial charge in [-0.25, -0.2) is 0 Å². The highest BCUT2D eigenvalue weighted by Gasteiger charge is 2.63. The van der Waals surface area contributed by atoms with E-state index < -0.39 is 0 Å². The zero-order valence-corrected chi connectivity index (χ0v) is 19.5. The molecule has 0 spiro atoms. The van der Waals surface area contributed by atoms with Crippen molar-refractivity contribution in [1.82, 2.24) is 0 Å². The second-order valence-electron chi connectivity index (χ2n) is 11.5. The van der Waals surface area contributed by atoms with Crippen LogP contribution in [0, 0.1) is 46.3 Å². The number of Topliss-reactive ketones (excluding diaryl/α,β-unsaturated/α-hetero) is 1. The Kier molecular flexibility index (Phi) is 6.48. The lowest BCUT2D eigenvalue weighted by molar-refractivity contribution is -0.201. The van der Waals surface area contributed by atoms with Crippen molar-refractivity contribution in [3.63, 3.8) is 0 Å². The van der Waals surface area contributed by atoms with Crippen LogP contribution in [0.2, 0.25) is 0 Å². The summed E-state index contributed by atoms with van der Waals surface area (Å²) in [5.74, 6) is 4.17. The Morgan fingerprint density at radius 3 is 2.63 bits per heavy atom. The summed E-state index contributed by atoms with van der Waals surface area (Å²) in [5, 5.41) is 0. The molecule has 0 aromatic rings. The molecular weight excluding hydrogens is 376 g/mol. The molecule has 4 aliphatic rings. The van der Waals surface area contributed by atoms with Crippen LogP contribution in [-0.4, -0.2) is 32.1 Å². The second kappa shape index (κ2) is 8.65. The van der Waals surface area contributed by atoms with Crippen molar-refractivity contribution in [2.24, 2.45) is 46.3 Å². The van der Waals surface area contributed by atoms with Crippen LogP contribution in [0.5, 0.6) is 0 Å². The van der Waals surface area contributed by atoms with Crippen LogP contribution >= 0.6 is 0 Å². The van der Waals surface area contributed by atoms with Crippen molar-refractivity contribution in [3.05, 3.63) is 0 Å². The van der Waals surface area contributed by atoms with Crippen LogP contribution in [0.4, 0.5) is 0 Å². The quantitative estimate of drug-likeness (QED) is 0.409. The van der Waals surface area contributed by atoms with Crippen LogP contribution in [0.15, 0.2) is 0 Å². The Labute approximate surface area is 182 Å². The van der Waals surface area contributed by atoms with Gasteiger partial charge in [0.15, 0.2) is 0 Å². The average Bonchev–Trinajstić information content (AvgIpc) is 3.08. The molecule has 0 amide bonds. The summed E-state index contributed by atoms with van der Waals surface area (Å²) >= 11 is 0. The van der Waals surface area contributed by atoms with E-state index in [0.717, 1.165) is 38.4 Å². The Morgan fingerprint density at radius 1 is 1.13 bits per heavy atom. The molecule has 4 saturated carbocycles. The minimum atomic E-state index is 0.215. The first-order chi connectivity index (χ1) is 14.3. The zero-order valence-electron chi connectivity index (χ0n) is 19.5. The summed E-state index contributed by atoms with van der Waals surface area (Å²) in [4.78, 5) is 23.2. The van der Waals surface area contributed by atoms with Crippen LogP contribution in [0.1, 0.15) is 85.0 Å². The maximum Gasteiger partial charge on any atom is 0.146 e. The molecule has 0 radical (unpaired) electrons. The summed E-state index contributed by atoms with van der Waals surface area (Å²) < 4.78 is 11.7. The Balaban J connectivity index is 1.62. The summed E-state index contributed by atoms with van der Waals surface area (Å²) in [5.41, 5.74) is 0.639. The van der Waals surface area contributed by atoms with Gasteiger partial charge in [-0.3, -0.25) is 4.79 Å². The first-order valence-corrected chi connectivity index (χ1v) is 12.4. The van der Waals surface area contributed by atoms with Gasteiger partial charge in [0.05, 0.1) is 6.10 Å². The molecule has 4 heteroatoms. The molecule has 0 aromatic heterocycles. The molecule has 0 saturated heterocycles. The normalized spacial score (nSPS) is 46.6. The zero-order chi connectivity index (χ0) is 21.5. The van der Waals surface area contributed by atoms with Crippen molar-refractivity contribution >= 4 is 12.1 Å². The number of rotatable bonds is 7. The molecule has 0 N–H and O–H groups in total. The van der Waals surface area contributed by atoms with E-state index >= 15 is 0 Å². The molecule has 4 rings (SSSR count). The molecule has 0 aliphatic heterocycles. The third-order valence-corrected chi connectivity index (χ3v) is 10.4. The van der Waals surface area contributed by atoms with Gasteiger partial charge in [0.25, 0.3) is 0 Å². The van der Waals surface area contributed by atoms with Gasteiger partial charge < -0.3 is 14.3 Å². The van der Waals surface area contributed by atoms with E-state index in [1.807, 2.05) is 0 Å². The maximum atomic E-state index is 12.3. The maximum absolute atomic E-state index is 12.3. The number of methoxy groups -OCH3 is 1. The fraction of sp³-hybridized carbons (Fsp3) is 0.923. The SMILES string of the molecule is COCOC1C[C@H]2CC(=O)CC[C@]2(C)C2CC[C@@]3(C)C(CC[C@@H]3[C@H](C)CCC=O)C12. The molecule has 4 aliphatic carbocycles. The first kappa shape index (κ1) is 22.5. The first-order valence-electron chi connectivity index (χ1n) is 12.4. The minimum absolute atomic E-state index is 0.215. The summed E-state index contributed by atoms with van der Waals surface area (Å²) in [6.45, 7) is 7.77. The molecule has 30 heavy (non-hydrogen) atoms. The van der Waals surface area contributed by atoms with E-state index in [2.05, 4.69) is 20.8 Å². The van der Waals surface area contributed by atoms with Gasteiger partial charge in [0.2, 0.25) is 0 Å². The van der Waals surface area contributed by atoms with Crippen LogP contribution < -0.4 is 0 Å². The van der Waals surface area contributed by atoms with Crippen molar-refractivity contribution < 1.29 is 19.1 Å². The predicted molar refractivity (Wildman–Crippen MR) is 117 cm³/mol. The molecule has 170 valence electrons. The van der Waals surface area contributed by atoms with Gasteiger partial charge in [-0.15, -0.1) is 0 Å². The van der Waals surface area contributed by atoms with Crippen LogP contribution in [0.3, 0.4) is 0 Å². The van der Waals surface area contributed by atoms with Gasteiger partial charge in [-0.1, -0.05) is 20.8 Å². The number of fused-ring (bicyclic) bond motifs is 5. The van der Waals surface area contributed by atoms with Crippen molar-refractivity contribution in [2.45, 2.75) is 91.1 Å². The van der Waals surface area contributed by atoms with Crippen molar-refractivity contribution in [1.29, 1.82) is 0 Å². The number of ketones is 1. The largest absolute Gasteiger partial charge is 0.359 e. The molecule has 0 bridgehead atoms. The van der Waals surface area contributed by atoms with E-state index in [4.69, 9.17) is 9.47 Å². The average molecular weight is 419 g/mol. The molecule has 4 nitrogen and oxygen atoms in total. The fourth-order valence-electron chi connectivity index (χ4n) is 8.83. The Hall–Kier alpha value is -0.740. The monoisotopic (exact) mass is 418 g/mol. The predicted octanol–water partition coefficient (Wildman–Crippen LogP) is 5.43. The van der Waals surface area contributed by atoms with Crippen molar-refractivity contribution in [2.75, 3.05) is 13.9 Å². The number of hydrogen-bond acceptors (Lipinski definition) is 4. The van der Waals surface area contributed by atoms with Gasteiger partial charge in [0, 0.05) is 26.4 Å². The van der Waals surface area contributed by atoms with Gasteiger partial charge in [0.1, 0.15) is 18.9 Å². The van der Waals surface area contributed by atoms with E-state index in [0.29, 0.717) is 59.9 Å². The number of carbonyl (C=O) groups is 2. The third-order valence-electron chi connectivity index (χ3n) is 10.4. The van der Waals surface area contributed by atoms with Gasteiger partial charge in [-0.2, -0.15) is 0 Å². The molecule has 0 aromatic carbocycles. The number of hydrogen-bond donors (Lipinski definition) is 0. The fourth-order valence-corrected chi connectivity index (χ4v) is 8.83. The van der Waals surface area contributed by atoms with E-state index in [-0.39, 0.29) is 11.5 Å². The lowest BCUT2D eigenvalue weighted by atomic mass is 9.43. The highest BCUT2D eigenvalue weighted by molar-refractivity contribution is 5.79. The molecule has 0 heterocycles. The molecule has 4 fully saturated rings. The topological polar surface area (TPSA) is 52.6 Å². The summed E-state index contributed by atoms with van der Waals surface area (Å²) in [6.07, 6.45) is 11.8. The highest BCUT2D eigenvalue weighted by Crippen LogP contribution is 2.68. The number of ether oxygens (including phenoxy) is 2. The molecule has 4 unspecified atom stereocenters. The summed E-state index contributed by atoms with van der Waals surface area (Å²) in [6, 6.07) is 0. The third kappa shape index (κ3) is 3.60. The smallest absolute Gasteiger partial charge is 0.146 e. The number of aldehydes is 1. The minimum Gasteiger partial charge on any atom is -0.359 e. The van der Waals surface area contributed by atoms with Crippen LogP contribution in [-0.2, 0) is 19.1 Å².